The Labute approximate surface area is 135 Å². The summed E-state index contributed by atoms with van der Waals surface area (Å²) in [5.74, 6) is 0.0967. The SMILES string of the molecule is CN(C)CCCNC(=O)CCc1nc(-c2ccncc2)cs1. The number of hydrogen-bond donors (Lipinski definition) is 1. The maximum absolute atomic E-state index is 11.8. The van der Waals surface area contributed by atoms with Gasteiger partial charge in [-0.05, 0) is 39.2 Å². The second kappa shape index (κ2) is 8.60. The van der Waals surface area contributed by atoms with Crippen LogP contribution in [0.15, 0.2) is 29.9 Å². The summed E-state index contributed by atoms with van der Waals surface area (Å²) in [7, 11) is 4.06. The summed E-state index contributed by atoms with van der Waals surface area (Å²) in [6.07, 6.45) is 5.67. The zero-order chi connectivity index (χ0) is 15.8. The van der Waals surface area contributed by atoms with Crippen LogP contribution in [0.1, 0.15) is 17.8 Å². The van der Waals surface area contributed by atoms with Crippen molar-refractivity contribution in [3.63, 3.8) is 0 Å². The molecule has 2 aromatic heterocycles. The van der Waals surface area contributed by atoms with Gasteiger partial charge in [0.1, 0.15) is 0 Å². The van der Waals surface area contributed by atoms with Crippen LogP contribution in [-0.2, 0) is 11.2 Å². The minimum absolute atomic E-state index is 0.0967. The van der Waals surface area contributed by atoms with Crippen molar-refractivity contribution in [3.05, 3.63) is 34.9 Å². The van der Waals surface area contributed by atoms with Crippen molar-refractivity contribution in [1.29, 1.82) is 0 Å². The molecule has 2 aromatic rings. The molecule has 22 heavy (non-hydrogen) atoms. The molecule has 2 heterocycles. The molecule has 0 aliphatic heterocycles. The van der Waals surface area contributed by atoms with Gasteiger partial charge in [-0.25, -0.2) is 4.98 Å². The van der Waals surface area contributed by atoms with Crippen LogP contribution in [0.2, 0.25) is 0 Å². The molecule has 0 spiro atoms. The van der Waals surface area contributed by atoms with Gasteiger partial charge >= 0.3 is 0 Å². The molecule has 1 amide bonds. The number of carbonyl (C=O) groups excluding carboxylic acids is 1. The molecule has 0 saturated heterocycles. The molecule has 0 aliphatic carbocycles. The molecule has 6 heteroatoms. The summed E-state index contributed by atoms with van der Waals surface area (Å²) in [4.78, 5) is 22.5. The van der Waals surface area contributed by atoms with E-state index in [1.54, 1.807) is 23.7 Å². The minimum Gasteiger partial charge on any atom is -0.356 e. The van der Waals surface area contributed by atoms with Crippen molar-refractivity contribution in [2.45, 2.75) is 19.3 Å². The fraction of sp³-hybridized carbons (Fsp3) is 0.438. The van der Waals surface area contributed by atoms with Crippen LogP contribution in [0, 0.1) is 0 Å². The van der Waals surface area contributed by atoms with E-state index in [0.717, 1.165) is 35.8 Å². The van der Waals surface area contributed by atoms with E-state index in [9.17, 15) is 4.79 Å². The Balaban J connectivity index is 1.73. The first-order valence-electron chi connectivity index (χ1n) is 7.41. The number of nitrogens with one attached hydrogen (secondary N) is 1. The maximum atomic E-state index is 11.8. The lowest BCUT2D eigenvalue weighted by atomic mass is 10.2. The van der Waals surface area contributed by atoms with Gasteiger partial charge in [-0.3, -0.25) is 9.78 Å². The summed E-state index contributed by atoms with van der Waals surface area (Å²) in [5, 5.41) is 5.97. The third kappa shape index (κ3) is 5.54. The Bertz CT molecular complexity index is 583. The van der Waals surface area contributed by atoms with Crippen LogP contribution >= 0.6 is 11.3 Å². The van der Waals surface area contributed by atoms with Gasteiger partial charge in [0.25, 0.3) is 0 Å². The Morgan fingerprint density at radius 2 is 2.09 bits per heavy atom. The maximum Gasteiger partial charge on any atom is 0.220 e. The van der Waals surface area contributed by atoms with Gasteiger partial charge in [0.2, 0.25) is 5.91 Å². The highest BCUT2D eigenvalue weighted by atomic mass is 32.1. The van der Waals surface area contributed by atoms with Gasteiger partial charge in [-0.1, -0.05) is 0 Å². The second-order valence-electron chi connectivity index (χ2n) is 5.37. The standard InChI is InChI=1S/C16H22N4OS/c1-20(2)11-3-8-18-15(21)4-5-16-19-14(12-22-16)13-6-9-17-10-7-13/h6-7,9-10,12H,3-5,8,11H2,1-2H3,(H,18,21). The molecule has 0 unspecified atom stereocenters. The molecule has 0 bridgehead atoms. The number of hydrogen-bond acceptors (Lipinski definition) is 5. The third-order valence-electron chi connectivity index (χ3n) is 3.20. The summed E-state index contributed by atoms with van der Waals surface area (Å²) in [6, 6.07) is 3.88. The molecule has 0 saturated carbocycles. The van der Waals surface area contributed by atoms with Crippen molar-refractivity contribution in [1.82, 2.24) is 20.2 Å². The van der Waals surface area contributed by atoms with Crippen molar-refractivity contribution < 1.29 is 4.79 Å². The Hall–Kier alpha value is -1.79. The van der Waals surface area contributed by atoms with Crippen LogP contribution in [0.4, 0.5) is 0 Å². The normalized spacial score (nSPS) is 10.9. The van der Waals surface area contributed by atoms with Gasteiger partial charge in [0.05, 0.1) is 10.7 Å². The Morgan fingerprint density at radius 3 is 2.82 bits per heavy atom. The summed E-state index contributed by atoms with van der Waals surface area (Å²) >= 11 is 1.60. The van der Waals surface area contributed by atoms with E-state index in [2.05, 4.69) is 20.2 Å². The smallest absolute Gasteiger partial charge is 0.220 e. The lowest BCUT2D eigenvalue weighted by molar-refractivity contribution is -0.121. The zero-order valence-corrected chi connectivity index (χ0v) is 13.9. The summed E-state index contributed by atoms with van der Waals surface area (Å²) < 4.78 is 0. The number of rotatable bonds is 8. The first-order chi connectivity index (χ1) is 10.6. The number of aromatic nitrogens is 2. The van der Waals surface area contributed by atoms with Crippen LogP contribution in [-0.4, -0.2) is 48.0 Å². The average molecular weight is 318 g/mol. The Kier molecular flexibility index (Phi) is 6.48. The van der Waals surface area contributed by atoms with E-state index in [-0.39, 0.29) is 5.91 Å². The van der Waals surface area contributed by atoms with Gasteiger partial charge in [0, 0.05) is 42.7 Å². The van der Waals surface area contributed by atoms with Crippen molar-refractivity contribution in [3.8, 4) is 11.3 Å². The predicted molar refractivity (Wildman–Crippen MR) is 89.8 cm³/mol. The van der Waals surface area contributed by atoms with E-state index >= 15 is 0 Å². The third-order valence-corrected chi connectivity index (χ3v) is 4.11. The molecule has 0 radical (unpaired) electrons. The largest absolute Gasteiger partial charge is 0.356 e. The molecule has 1 N–H and O–H groups in total. The summed E-state index contributed by atoms with van der Waals surface area (Å²) in [6.45, 7) is 1.72. The first-order valence-corrected chi connectivity index (χ1v) is 8.29. The lowest BCUT2D eigenvalue weighted by Crippen LogP contribution is -2.27. The van der Waals surface area contributed by atoms with Gasteiger partial charge in [-0.2, -0.15) is 0 Å². The van der Waals surface area contributed by atoms with Crippen LogP contribution in [0.3, 0.4) is 0 Å². The minimum atomic E-state index is 0.0967. The number of nitrogens with zero attached hydrogens (tertiary/aromatic N) is 3. The number of aryl methyl sites for hydroxylation is 1. The predicted octanol–water partition coefficient (Wildman–Crippen LogP) is 2.21. The molecule has 2 rings (SSSR count). The topological polar surface area (TPSA) is 58.1 Å². The van der Waals surface area contributed by atoms with Crippen molar-refractivity contribution in [2.75, 3.05) is 27.2 Å². The zero-order valence-electron chi connectivity index (χ0n) is 13.1. The molecule has 0 fully saturated rings. The molecular formula is C16H22N4OS. The summed E-state index contributed by atoms with van der Waals surface area (Å²) in [5.41, 5.74) is 2.01. The molecule has 0 aliphatic rings. The van der Waals surface area contributed by atoms with Crippen LogP contribution in [0.5, 0.6) is 0 Å². The number of pyridine rings is 1. The van der Waals surface area contributed by atoms with Gasteiger partial charge < -0.3 is 10.2 Å². The molecule has 0 atom stereocenters. The monoisotopic (exact) mass is 318 g/mol. The van der Waals surface area contributed by atoms with Crippen molar-refractivity contribution in [2.24, 2.45) is 0 Å². The van der Waals surface area contributed by atoms with E-state index in [1.807, 2.05) is 31.6 Å². The second-order valence-corrected chi connectivity index (χ2v) is 6.31. The van der Waals surface area contributed by atoms with Crippen LogP contribution in [0.25, 0.3) is 11.3 Å². The van der Waals surface area contributed by atoms with Crippen LogP contribution < -0.4 is 5.32 Å². The fourth-order valence-corrected chi connectivity index (χ4v) is 2.82. The van der Waals surface area contributed by atoms with Gasteiger partial charge in [0.15, 0.2) is 0 Å². The molecule has 5 nitrogen and oxygen atoms in total. The van der Waals surface area contributed by atoms with Gasteiger partial charge in [-0.15, -0.1) is 11.3 Å². The highest BCUT2D eigenvalue weighted by molar-refractivity contribution is 7.09. The lowest BCUT2D eigenvalue weighted by Gasteiger charge is -2.09. The number of amides is 1. The number of thiazole rings is 1. The van der Waals surface area contributed by atoms with E-state index in [0.29, 0.717) is 12.8 Å². The van der Waals surface area contributed by atoms with E-state index < -0.39 is 0 Å². The molecule has 118 valence electrons. The van der Waals surface area contributed by atoms with E-state index in [1.165, 1.54) is 0 Å². The highest BCUT2D eigenvalue weighted by Gasteiger charge is 2.07. The molecular weight excluding hydrogens is 296 g/mol. The first kappa shape index (κ1) is 16.6. The van der Waals surface area contributed by atoms with E-state index in [4.69, 9.17) is 0 Å². The quantitative estimate of drug-likeness (QED) is 0.758. The van der Waals surface area contributed by atoms with Crippen molar-refractivity contribution >= 4 is 17.2 Å². The number of carbonyl (C=O) groups is 1. The molecule has 0 aromatic carbocycles. The average Bonchev–Trinajstić information content (AvgIpc) is 2.99. The highest BCUT2D eigenvalue weighted by Crippen LogP contribution is 2.21. The fourth-order valence-electron chi connectivity index (χ4n) is 2.01. The Morgan fingerprint density at radius 1 is 1.32 bits per heavy atom.